The second kappa shape index (κ2) is 11.7. The summed E-state index contributed by atoms with van der Waals surface area (Å²) in [6.45, 7) is 3.15. The second-order valence-electron chi connectivity index (χ2n) is 7.62. The molecular weight excluding hydrogens is 430 g/mol. The summed E-state index contributed by atoms with van der Waals surface area (Å²) in [5, 5.41) is 0. The number of aryl methyl sites for hydroxylation is 2. The normalized spacial score (nSPS) is 11.1. The van der Waals surface area contributed by atoms with E-state index < -0.39 is 0 Å². The first-order valence-corrected chi connectivity index (χ1v) is 11.3. The Morgan fingerprint density at radius 1 is 1.09 bits per heavy atom. The summed E-state index contributed by atoms with van der Waals surface area (Å²) in [5.41, 5.74) is 3.01. The highest BCUT2D eigenvalue weighted by Crippen LogP contribution is 2.16. The van der Waals surface area contributed by atoms with Crippen LogP contribution in [0.3, 0.4) is 0 Å². The quantitative estimate of drug-likeness (QED) is 0.280. The molecule has 0 N–H and O–H groups in total. The van der Waals surface area contributed by atoms with E-state index in [0.717, 1.165) is 29.8 Å². The lowest BCUT2D eigenvalue weighted by molar-refractivity contribution is 0.0506. The van der Waals surface area contributed by atoms with Gasteiger partial charge in [0.15, 0.2) is 0 Å². The van der Waals surface area contributed by atoms with Crippen LogP contribution in [0.4, 0.5) is 0 Å². The van der Waals surface area contributed by atoms with Gasteiger partial charge in [-0.05, 0) is 49.1 Å². The van der Waals surface area contributed by atoms with Crippen molar-refractivity contribution >= 4 is 18.1 Å². The van der Waals surface area contributed by atoms with Gasteiger partial charge in [0, 0.05) is 25.0 Å². The maximum atomic E-state index is 11.9. The molecule has 2 heterocycles. The fourth-order valence-corrected chi connectivity index (χ4v) is 3.44. The summed E-state index contributed by atoms with van der Waals surface area (Å²) in [4.78, 5) is 20.5. The summed E-state index contributed by atoms with van der Waals surface area (Å²) >= 11 is 0. The number of hydrogen-bond donors (Lipinski definition) is 0. The van der Waals surface area contributed by atoms with Gasteiger partial charge in [0.1, 0.15) is 24.3 Å². The smallest absolute Gasteiger partial charge is 0.374 e. The van der Waals surface area contributed by atoms with Gasteiger partial charge in [-0.1, -0.05) is 42.5 Å². The van der Waals surface area contributed by atoms with Crippen molar-refractivity contribution in [2.75, 3.05) is 6.61 Å². The minimum absolute atomic E-state index is 0.333. The van der Waals surface area contributed by atoms with E-state index in [0.29, 0.717) is 31.5 Å². The Labute approximate surface area is 198 Å². The van der Waals surface area contributed by atoms with Crippen molar-refractivity contribution in [3.05, 3.63) is 102 Å². The number of ether oxygens (including phenoxy) is 2. The third-order valence-electron chi connectivity index (χ3n) is 5.14. The molecule has 4 aromatic rings. The van der Waals surface area contributed by atoms with E-state index in [1.54, 1.807) is 25.6 Å². The van der Waals surface area contributed by atoms with E-state index in [9.17, 15) is 4.79 Å². The molecule has 0 spiro atoms. The average Bonchev–Trinajstić information content (AvgIpc) is 3.53. The zero-order chi connectivity index (χ0) is 23.6. The van der Waals surface area contributed by atoms with Crippen molar-refractivity contribution in [1.82, 2.24) is 14.5 Å². The number of rotatable bonds is 11. The summed E-state index contributed by atoms with van der Waals surface area (Å²) in [6.07, 6.45) is 10.6. The lowest BCUT2D eigenvalue weighted by Crippen LogP contribution is -2.13. The Bertz CT molecular complexity index is 1210. The number of benzene rings is 2. The van der Waals surface area contributed by atoms with Gasteiger partial charge in [-0.3, -0.25) is 0 Å². The third-order valence-corrected chi connectivity index (χ3v) is 5.14. The molecule has 7 heteroatoms. The van der Waals surface area contributed by atoms with Gasteiger partial charge < -0.3 is 18.5 Å². The molecule has 0 fully saturated rings. The lowest BCUT2D eigenvalue weighted by Gasteiger charge is -2.08. The lowest BCUT2D eigenvalue weighted by atomic mass is 10.1. The van der Waals surface area contributed by atoms with Gasteiger partial charge >= 0.3 is 5.97 Å². The monoisotopic (exact) mass is 457 g/mol. The Morgan fingerprint density at radius 2 is 1.91 bits per heavy atom. The average molecular weight is 458 g/mol. The van der Waals surface area contributed by atoms with Gasteiger partial charge in [0.2, 0.25) is 11.7 Å². The van der Waals surface area contributed by atoms with Gasteiger partial charge in [-0.2, -0.15) is 0 Å². The summed E-state index contributed by atoms with van der Waals surface area (Å²) in [6, 6.07) is 18.0. The van der Waals surface area contributed by atoms with Crippen LogP contribution in [0.5, 0.6) is 5.75 Å². The van der Waals surface area contributed by atoms with E-state index in [2.05, 4.69) is 9.97 Å². The highest BCUT2D eigenvalue weighted by molar-refractivity contribution is 5.85. The fraction of sp³-hybridized carbons (Fsp3) is 0.222. The van der Waals surface area contributed by atoms with Crippen LogP contribution in [0.15, 0.2) is 77.7 Å². The minimum atomic E-state index is -0.388. The predicted octanol–water partition coefficient (Wildman–Crippen LogP) is 5.43. The Hall–Kier alpha value is -4.13. The van der Waals surface area contributed by atoms with E-state index >= 15 is 0 Å². The zero-order valence-corrected chi connectivity index (χ0v) is 19.1. The molecule has 0 aliphatic carbocycles. The Balaban J connectivity index is 1.22. The zero-order valence-electron chi connectivity index (χ0n) is 19.1. The van der Waals surface area contributed by atoms with Crippen LogP contribution >= 0.6 is 0 Å². The third kappa shape index (κ3) is 6.45. The van der Waals surface area contributed by atoms with Crippen LogP contribution in [-0.4, -0.2) is 27.1 Å². The number of carbonyl (C=O) groups is 1. The maximum absolute atomic E-state index is 11.9. The van der Waals surface area contributed by atoms with Crippen LogP contribution in [0, 0.1) is 0 Å². The first kappa shape index (κ1) is 23.0. The van der Waals surface area contributed by atoms with Crippen molar-refractivity contribution < 1.29 is 18.7 Å². The topological polar surface area (TPSA) is 79.4 Å². The Morgan fingerprint density at radius 3 is 2.71 bits per heavy atom. The largest absolute Gasteiger partial charge is 0.487 e. The fourth-order valence-electron chi connectivity index (χ4n) is 3.44. The summed E-state index contributed by atoms with van der Waals surface area (Å²) < 4.78 is 18.2. The number of esters is 1. The minimum Gasteiger partial charge on any atom is -0.487 e. The van der Waals surface area contributed by atoms with Gasteiger partial charge in [0.05, 0.1) is 6.61 Å². The molecule has 0 aliphatic rings. The summed E-state index contributed by atoms with van der Waals surface area (Å²) in [5.74, 6) is 1.27. The molecule has 2 aromatic carbocycles. The molecule has 174 valence electrons. The molecule has 0 bridgehead atoms. The van der Waals surface area contributed by atoms with Crippen molar-refractivity contribution in [2.24, 2.45) is 0 Å². The van der Waals surface area contributed by atoms with Gasteiger partial charge in [-0.25, -0.2) is 14.8 Å². The molecule has 0 saturated heterocycles. The SMILES string of the molecule is CCOC(=O)c1nccn1CCCc1ccc(OCc2coc(/C=C/c3ccccc3)n2)cc1. The van der Waals surface area contributed by atoms with E-state index in [1.165, 1.54) is 5.56 Å². The van der Waals surface area contributed by atoms with Crippen LogP contribution in [0.25, 0.3) is 12.2 Å². The van der Waals surface area contributed by atoms with Crippen molar-refractivity contribution in [2.45, 2.75) is 32.9 Å². The number of nitrogens with zero attached hydrogens (tertiary/aromatic N) is 3. The highest BCUT2D eigenvalue weighted by atomic mass is 16.5. The second-order valence-corrected chi connectivity index (χ2v) is 7.62. The molecule has 0 atom stereocenters. The van der Waals surface area contributed by atoms with Crippen LogP contribution < -0.4 is 4.74 Å². The number of carbonyl (C=O) groups excluding carboxylic acids is 1. The predicted molar refractivity (Wildman–Crippen MR) is 129 cm³/mol. The molecule has 0 unspecified atom stereocenters. The molecule has 0 amide bonds. The first-order chi connectivity index (χ1) is 16.7. The first-order valence-electron chi connectivity index (χ1n) is 11.3. The maximum Gasteiger partial charge on any atom is 0.374 e. The number of oxazole rings is 1. The Kier molecular flexibility index (Phi) is 7.90. The van der Waals surface area contributed by atoms with E-state index in [4.69, 9.17) is 13.9 Å². The molecule has 0 saturated carbocycles. The van der Waals surface area contributed by atoms with Gasteiger partial charge in [-0.15, -0.1) is 0 Å². The van der Waals surface area contributed by atoms with Crippen LogP contribution in [0.2, 0.25) is 0 Å². The number of imidazole rings is 1. The molecule has 2 aromatic heterocycles. The molecule has 0 radical (unpaired) electrons. The molecule has 34 heavy (non-hydrogen) atoms. The van der Waals surface area contributed by atoms with Crippen molar-refractivity contribution in [3.63, 3.8) is 0 Å². The molecule has 0 aliphatic heterocycles. The van der Waals surface area contributed by atoms with Crippen molar-refractivity contribution in [1.29, 1.82) is 0 Å². The molecule has 4 rings (SSSR count). The van der Waals surface area contributed by atoms with Crippen molar-refractivity contribution in [3.8, 4) is 5.75 Å². The van der Waals surface area contributed by atoms with E-state index in [1.807, 2.05) is 71.3 Å². The van der Waals surface area contributed by atoms with E-state index in [-0.39, 0.29) is 5.97 Å². The molecule has 7 nitrogen and oxygen atoms in total. The van der Waals surface area contributed by atoms with Crippen LogP contribution in [0.1, 0.15) is 46.7 Å². The molecular formula is C27H27N3O4. The number of aromatic nitrogens is 3. The number of hydrogen-bond acceptors (Lipinski definition) is 6. The van der Waals surface area contributed by atoms with Crippen LogP contribution in [-0.2, 0) is 24.3 Å². The summed E-state index contributed by atoms with van der Waals surface area (Å²) in [7, 11) is 0. The highest BCUT2D eigenvalue weighted by Gasteiger charge is 2.13. The standard InChI is InChI=1S/C27H27N3O4/c1-2-32-27(31)26-28-16-18-30(26)17-6-9-22-10-13-24(14-11-22)33-19-23-20-34-25(29-23)15-12-21-7-4-3-5-8-21/h3-5,7-8,10-16,18,20H,2,6,9,17,19H2,1H3/b15-12+. The van der Waals surface area contributed by atoms with Gasteiger partial charge in [0.25, 0.3) is 0 Å².